The molecule has 4 aromatic rings. The van der Waals surface area contributed by atoms with Crippen LogP contribution in [0, 0.1) is 6.92 Å². The van der Waals surface area contributed by atoms with E-state index >= 15 is 0 Å². The van der Waals surface area contributed by atoms with Crippen molar-refractivity contribution >= 4 is 33.1 Å². The SMILES string of the molecule is Cc1csc(N=Nc2c(-c3ccccc3)[nH]c3ccccc23)n1. The number of nitrogens with one attached hydrogen (secondary N) is 1. The van der Waals surface area contributed by atoms with Crippen molar-refractivity contribution in [2.24, 2.45) is 10.2 Å². The van der Waals surface area contributed by atoms with Crippen molar-refractivity contribution in [1.29, 1.82) is 0 Å². The van der Waals surface area contributed by atoms with Gasteiger partial charge in [0.2, 0.25) is 5.13 Å². The number of aromatic amines is 1. The van der Waals surface area contributed by atoms with Crippen molar-refractivity contribution in [2.75, 3.05) is 0 Å². The van der Waals surface area contributed by atoms with E-state index in [4.69, 9.17) is 0 Å². The maximum Gasteiger partial charge on any atom is 0.230 e. The zero-order chi connectivity index (χ0) is 15.6. The third-order valence-electron chi connectivity index (χ3n) is 3.58. The molecule has 0 aliphatic rings. The van der Waals surface area contributed by atoms with Gasteiger partial charge in [-0.15, -0.1) is 21.6 Å². The van der Waals surface area contributed by atoms with Gasteiger partial charge in [-0.25, -0.2) is 4.98 Å². The number of hydrogen-bond donors (Lipinski definition) is 1. The van der Waals surface area contributed by atoms with Crippen molar-refractivity contribution in [3.63, 3.8) is 0 Å². The number of H-pyrrole nitrogens is 1. The van der Waals surface area contributed by atoms with Crippen LogP contribution >= 0.6 is 11.3 Å². The number of thiazole rings is 1. The van der Waals surface area contributed by atoms with Gasteiger partial charge in [-0.1, -0.05) is 48.5 Å². The molecule has 0 bridgehead atoms. The molecule has 0 amide bonds. The Hall–Kier alpha value is -2.79. The van der Waals surface area contributed by atoms with E-state index in [-0.39, 0.29) is 0 Å². The predicted molar refractivity (Wildman–Crippen MR) is 94.8 cm³/mol. The highest BCUT2D eigenvalue weighted by molar-refractivity contribution is 7.13. The van der Waals surface area contributed by atoms with Crippen molar-refractivity contribution < 1.29 is 0 Å². The summed E-state index contributed by atoms with van der Waals surface area (Å²) >= 11 is 1.50. The molecule has 112 valence electrons. The summed E-state index contributed by atoms with van der Waals surface area (Å²) < 4.78 is 0. The second-order valence-electron chi connectivity index (χ2n) is 5.23. The Morgan fingerprint density at radius 2 is 1.74 bits per heavy atom. The average Bonchev–Trinajstić information content (AvgIpc) is 3.17. The lowest BCUT2D eigenvalue weighted by atomic mass is 10.1. The van der Waals surface area contributed by atoms with Gasteiger partial charge in [0, 0.05) is 21.8 Å². The van der Waals surface area contributed by atoms with Crippen LogP contribution in [0.4, 0.5) is 10.8 Å². The first-order valence-corrected chi connectivity index (χ1v) is 8.19. The van der Waals surface area contributed by atoms with E-state index in [1.807, 2.05) is 48.7 Å². The maximum atomic E-state index is 4.50. The summed E-state index contributed by atoms with van der Waals surface area (Å²) in [7, 11) is 0. The van der Waals surface area contributed by atoms with Crippen LogP contribution in [0.2, 0.25) is 0 Å². The van der Waals surface area contributed by atoms with E-state index in [2.05, 4.69) is 38.4 Å². The number of aromatic nitrogens is 2. The molecule has 2 aromatic carbocycles. The largest absolute Gasteiger partial charge is 0.353 e. The summed E-state index contributed by atoms with van der Waals surface area (Å²) in [6.07, 6.45) is 0. The lowest BCUT2D eigenvalue weighted by Gasteiger charge is -1.99. The molecule has 23 heavy (non-hydrogen) atoms. The molecule has 0 aliphatic heterocycles. The predicted octanol–water partition coefficient (Wildman–Crippen LogP) is 6.02. The molecular formula is C18H14N4S. The lowest BCUT2D eigenvalue weighted by Crippen LogP contribution is -1.76. The highest BCUT2D eigenvalue weighted by Gasteiger charge is 2.12. The number of aryl methyl sites for hydroxylation is 1. The van der Waals surface area contributed by atoms with Gasteiger partial charge in [-0.3, -0.25) is 0 Å². The first kappa shape index (κ1) is 13.8. The molecule has 4 rings (SSSR count). The normalized spacial score (nSPS) is 11.5. The van der Waals surface area contributed by atoms with Crippen LogP contribution < -0.4 is 0 Å². The second-order valence-corrected chi connectivity index (χ2v) is 6.07. The minimum atomic E-state index is 0.673. The van der Waals surface area contributed by atoms with Gasteiger partial charge in [0.05, 0.1) is 11.4 Å². The Bertz CT molecular complexity index is 983. The molecule has 0 spiro atoms. The number of para-hydroxylation sites is 1. The lowest BCUT2D eigenvalue weighted by molar-refractivity contribution is 1.17. The minimum absolute atomic E-state index is 0.673. The van der Waals surface area contributed by atoms with Crippen LogP contribution in [0.25, 0.3) is 22.2 Å². The van der Waals surface area contributed by atoms with Gasteiger partial charge < -0.3 is 4.98 Å². The summed E-state index contributed by atoms with van der Waals surface area (Å²) in [6, 6.07) is 18.3. The second kappa shape index (κ2) is 5.78. The van der Waals surface area contributed by atoms with Crippen molar-refractivity contribution in [2.45, 2.75) is 6.92 Å². The molecule has 1 N–H and O–H groups in total. The number of hydrogen-bond acceptors (Lipinski definition) is 4. The van der Waals surface area contributed by atoms with Crippen LogP contribution in [0.3, 0.4) is 0 Å². The zero-order valence-corrected chi connectivity index (χ0v) is 13.3. The standard InChI is InChI=1S/C18H14N4S/c1-12-11-23-18(19-12)22-21-17-14-9-5-6-10-15(14)20-16(17)13-7-3-2-4-8-13/h2-11,20H,1H3. The molecule has 0 fully saturated rings. The third kappa shape index (κ3) is 2.66. The molecular weight excluding hydrogens is 304 g/mol. The molecule has 0 unspecified atom stereocenters. The molecule has 2 aromatic heterocycles. The van der Waals surface area contributed by atoms with Crippen LogP contribution in [0.15, 0.2) is 70.2 Å². The number of fused-ring (bicyclic) bond motifs is 1. The summed E-state index contributed by atoms with van der Waals surface area (Å²) in [6.45, 7) is 1.95. The number of nitrogens with zero attached hydrogens (tertiary/aromatic N) is 3. The summed E-state index contributed by atoms with van der Waals surface area (Å²) in [5.74, 6) is 0. The van der Waals surface area contributed by atoms with Gasteiger partial charge >= 0.3 is 0 Å². The van der Waals surface area contributed by atoms with E-state index in [0.29, 0.717) is 5.13 Å². The molecule has 0 saturated carbocycles. The Balaban J connectivity index is 1.88. The smallest absolute Gasteiger partial charge is 0.230 e. The zero-order valence-electron chi connectivity index (χ0n) is 12.5. The van der Waals surface area contributed by atoms with Crippen molar-refractivity contribution in [1.82, 2.24) is 9.97 Å². The monoisotopic (exact) mass is 318 g/mol. The summed E-state index contributed by atoms with van der Waals surface area (Å²) in [5.41, 5.74) is 4.93. The minimum Gasteiger partial charge on any atom is -0.353 e. The number of azo groups is 1. The Kier molecular flexibility index (Phi) is 3.48. The van der Waals surface area contributed by atoms with Gasteiger partial charge in [-0.2, -0.15) is 0 Å². The third-order valence-corrected chi connectivity index (χ3v) is 4.43. The highest BCUT2D eigenvalue weighted by Crippen LogP contribution is 2.38. The molecule has 2 heterocycles. The maximum absolute atomic E-state index is 4.50. The highest BCUT2D eigenvalue weighted by atomic mass is 32.1. The first-order valence-electron chi connectivity index (χ1n) is 7.31. The van der Waals surface area contributed by atoms with E-state index in [9.17, 15) is 0 Å². The van der Waals surface area contributed by atoms with Crippen molar-refractivity contribution in [3.05, 3.63) is 65.7 Å². The number of benzene rings is 2. The van der Waals surface area contributed by atoms with Crippen LogP contribution in [0.1, 0.15) is 5.69 Å². The van der Waals surface area contributed by atoms with Crippen molar-refractivity contribution in [3.8, 4) is 11.3 Å². The molecule has 0 aliphatic carbocycles. The van der Waals surface area contributed by atoms with Gasteiger partial charge in [-0.05, 0) is 13.0 Å². The molecule has 0 atom stereocenters. The average molecular weight is 318 g/mol. The fourth-order valence-electron chi connectivity index (χ4n) is 2.52. The molecule has 5 heteroatoms. The number of rotatable bonds is 3. The first-order chi connectivity index (χ1) is 11.3. The fraction of sp³-hybridized carbons (Fsp3) is 0.0556. The van der Waals surface area contributed by atoms with Gasteiger partial charge in [0.25, 0.3) is 0 Å². The van der Waals surface area contributed by atoms with E-state index in [0.717, 1.165) is 33.5 Å². The fourth-order valence-corrected chi connectivity index (χ4v) is 3.14. The summed E-state index contributed by atoms with van der Waals surface area (Å²) in [5, 5.41) is 12.5. The summed E-state index contributed by atoms with van der Waals surface area (Å²) in [4.78, 5) is 7.79. The quantitative estimate of drug-likeness (QED) is 0.462. The Morgan fingerprint density at radius 1 is 0.957 bits per heavy atom. The molecule has 0 radical (unpaired) electrons. The molecule has 4 nitrogen and oxygen atoms in total. The van der Waals surface area contributed by atoms with Crippen LogP contribution in [0.5, 0.6) is 0 Å². The van der Waals surface area contributed by atoms with Gasteiger partial charge in [0.15, 0.2) is 0 Å². The van der Waals surface area contributed by atoms with Gasteiger partial charge in [0.1, 0.15) is 5.69 Å². The van der Waals surface area contributed by atoms with Crippen LogP contribution in [-0.2, 0) is 0 Å². The topological polar surface area (TPSA) is 53.4 Å². The molecule has 0 saturated heterocycles. The Morgan fingerprint density at radius 3 is 2.52 bits per heavy atom. The van der Waals surface area contributed by atoms with E-state index < -0.39 is 0 Å². The van der Waals surface area contributed by atoms with E-state index in [1.54, 1.807) is 0 Å². The Labute approximate surface area is 137 Å². The van der Waals surface area contributed by atoms with Crippen LogP contribution in [-0.4, -0.2) is 9.97 Å². The van der Waals surface area contributed by atoms with E-state index in [1.165, 1.54) is 11.3 Å².